The molecule has 154 valence electrons. The van der Waals surface area contributed by atoms with Crippen LogP contribution in [0.4, 0.5) is 5.69 Å². The molecular weight excluding hydrogens is 457 g/mol. The van der Waals surface area contributed by atoms with Crippen LogP contribution in [0.3, 0.4) is 0 Å². The molecule has 0 atom stereocenters. The molecular formula is C20H34IN3O3. The Morgan fingerprint density at radius 1 is 1.19 bits per heavy atom. The van der Waals surface area contributed by atoms with Crippen LogP contribution in [-0.2, 0) is 4.74 Å². The minimum atomic E-state index is 0. The summed E-state index contributed by atoms with van der Waals surface area (Å²) in [6.45, 7) is 7.06. The number of hydrogen-bond donors (Lipinski definition) is 2. The molecule has 0 aliphatic heterocycles. The van der Waals surface area contributed by atoms with Crippen LogP contribution < -0.4 is 20.1 Å². The van der Waals surface area contributed by atoms with Gasteiger partial charge in [-0.05, 0) is 50.7 Å². The lowest BCUT2D eigenvalue weighted by atomic mass is 9.67. The fraction of sp³-hybridized carbons (Fsp3) is 0.650. The number of rotatable bonds is 10. The molecule has 0 bridgehead atoms. The van der Waals surface area contributed by atoms with Gasteiger partial charge in [-0.2, -0.15) is 0 Å². The van der Waals surface area contributed by atoms with Gasteiger partial charge in [0.1, 0.15) is 0 Å². The Kier molecular flexibility index (Phi) is 10.8. The molecule has 0 heterocycles. The van der Waals surface area contributed by atoms with E-state index in [1.807, 2.05) is 25.1 Å². The van der Waals surface area contributed by atoms with E-state index in [1.165, 1.54) is 19.3 Å². The number of ether oxygens (including phenoxy) is 3. The smallest absolute Gasteiger partial charge is 0.195 e. The zero-order valence-electron chi connectivity index (χ0n) is 17.0. The van der Waals surface area contributed by atoms with E-state index in [0.717, 1.165) is 49.3 Å². The summed E-state index contributed by atoms with van der Waals surface area (Å²) in [6, 6.07) is 5.82. The molecule has 0 spiro atoms. The van der Waals surface area contributed by atoms with Crippen molar-refractivity contribution < 1.29 is 14.2 Å². The average molecular weight is 491 g/mol. The first kappa shape index (κ1) is 23.8. The largest absolute Gasteiger partial charge is 0.493 e. The Hall–Kier alpha value is -1.22. The average Bonchev–Trinajstić information content (AvgIpc) is 2.61. The molecule has 0 saturated heterocycles. The maximum Gasteiger partial charge on any atom is 0.195 e. The van der Waals surface area contributed by atoms with Crippen molar-refractivity contribution in [1.29, 1.82) is 0 Å². The Bertz CT molecular complexity index is 592. The molecule has 0 unspecified atom stereocenters. The van der Waals surface area contributed by atoms with Crippen LogP contribution in [0.5, 0.6) is 11.5 Å². The van der Waals surface area contributed by atoms with Crippen molar-refractivity contribution in [3.05, 3.63) is 18.2 Å². The summed E-state index contributed by atoms with van der Waals surface area (Å²) in [4.78, 5) is 4.84. The SMILES string of the molecule is CCNC(=NCC1(CCOC)CCC1)Nc1ccc(OC)c(OCC)c1.I. The Morgan fingerprint density at radius 3 is 2.52 bits per heavy atom. The first-order chi connectivity index (χ1) is 12.7. The van der Waals surface area contributed by atoms with Crippen LogP contribution in [0.25, 0.3) is 0 Å². The van der Waals surface area contributed by atoms with Crippen LogP contribution in [0.2, 0.25) is 0 Å². The molecule has 2 N–H and O–H groups in total. The number of anilines is 1. The zero-order valence-corrected chi connectivity index (χ0v) is 19.3. The van der Waals surface area contributed by atoms with Crippen molar-refractivity contribution in [2.24, 2.45) is 10.4 Å². The summed E-state index contributed by atoms with van der Waals surface area (Å²) in [6.07, 6.45) is 4.83. The van der Waals surface area contributed by atoms with Gasteiger partial charge in [0.15, 0.2) is 17.5 Å². The number of guanidine groups is 1. The molecule has 1 aliphatic rings. The number of halogens is 1. The van der Waals surface area contributed by atoms with Crippen LogP contribution in [-0.4, -0.2) is 46.5 Å². The van der Waals surface area contributed by atoms with Gasteiger partial charge in [0.25, 0.3) is 0 Å². The molecule has 1 saturated carbocycles. The highest BCUT2D eigenvalue weighted by Crippen LogP contribution is 2.44. The van der Waals surface area contributed by atoms with Gasteiger partial charge in [0.2, 0.25) is 0 Å². The van der Waals surface area contributed by atoms with Gasteiger partial charge in [0.05, 0.1) is 13.7 Å². The lowest BCUT2D eigenvalue weighted by Gasteiger charge is -2.40. The third kappa shape index (κ3) is 7.03. The van der Waals surface area contributed by atoms with Gasteiger partial charge < -0.3 is 24.8 Å². The topological polar surface area (TPSA) is 64.1 Å². The quantitative estimate of drug-likeness (QED) is 0.291. The summed E-state index contributed by atoms with van der Waals surface area (Å²) < 4.78 is 16.3. The van der Waals surface area contributed by atoms with Crippen molar-refractivity contribution in [1.82, 2.24) is 5.32 Å². The summed E-state index contributed by atoms with van der Waals surface area (Å²) in [5.74, 6) is 2.25. The second-order valence-corrected chi connectivity index (χ2v) is 6.72. The predicted octanol–water partition coefficient (Wildman–Crippen LogP) is 4.30. The lowest BCUT2D eigenvalue weighted by molar-refractivity contribution is 0.0779. The molecule has 0 amide bonds. The van der Waals surface area contributed by atoms with E-state index in [4.69, 9.17) is 19.2 Å². The summed E-state index contributed by atoms with van der Waals surface area (Å²) in [5, 5.41) is 6.70. The maximum atomic E-state index is 5.66. The van der Waals surface area contributed by atoms with E-state index in [9.17, 15) is 0 Å². The fourth-order valence-electron chi connectivity index (χ4n) is 3.20. The molecule has 2 rings (SSSR count). The van der Waals surface area contributed by atoms with E-state index in [1.54, 1.807) is 14.2 Å². The number of methoxy groups -OCH3 is 2. The van der Waals surface area contributed by atoms with Crippen LogP contribution in [0.15, 0.2) is 23.2 Å². The summed E-state index contributed by atoms with van der Waals surface area (Å²) in [7, 11) is 3.41. The second kappa shape index (κ2) is 12.3. The fourth-order valence-corrected chi connectivity index (χ4v) is 3.20. The lowest BCUT2D eigenvalue weighted by Crippen LogP contribution is -2.37. The van der Waals surface area contributed by atoms with Gasteiger partial charge in [-0.1, -0.05) is 6.42 Å². The van der Waals surface area contributed by atoms with E-state index in [0.29, 0.717) is 12.0 Å². The highest BCUT2D eigenvalue weighted by Gasteiger charge is 2.36. The van der Waals surface area contributed by atoms with E-state index >= 15 is 0 Å². The number of hydrogen-bond acceptors (Lipinski definition) is 4. The standard InChI is InChI=1S/C20H33N3O3.HI/c1-5-21-19(22-15-20(10-7-11-20)12-13-24-3)23-16-8-9-17(25-4)18(14-16)26-6-2;/h8-9,14H,5-7,10-13,15H2,1-4H3,(H2,21,22,23);1H. The van der Waals surface area contributed by atoms with Gasteiger partial charge in [-0.3, -0.25) is 4.99 Å². The van der Waals surface area contributed by atoms with Crippen LogP contribution in [0, 0.1) is 5.41 Å². The van der Waals surface area contributed by atoms with Crippen LogP contribution >= 0.6 is 24.0 Å². The molecule has 1 aromatic rings. The summed E-state index contributed by atoms with van der Waals surface area (Å²) >= 11 is 0. The van der Waals surface area contributed by atoms with Crippen molar-refractivity contribution in [2.75, 3.05) is 45.8 Å². The van der Waals surface area contributed by atoms with Crippen molar-refractivity contribution in [3.63, 3.8) is 0 Å². The van der Waals surface area contributed by atoms with Gasteiger partial charge in [0, 0.05) is 38.6 Å². The highest BCUT2D eigenvalue weighted by atomic mass is 127. The third-order valence-electron chi connectivity index (χ3n) is 4.89. The third-order valence-corrected chi connectivity index (χ3v) is 4.89. The molecule has 6 nitrogen and oxygen atoms in total. The molecule has 0 aromatic heterocycles. The Balaban J connectivity index is 0.00000364. The van der Waals surface area contributed by atoms with Crippen LogP contribution in [0.1, 0.15) is 39.5 Å². The van der Waals surface area contributed by atoms with Crippen molar-refractivity contribution in [3.8, 4) is 11.5 Å². The molecule has 1 aromatic carbocycles. The zero-order chi connectivity index (χ0) is 18.8. The van der Waals surface area contributed by atoms with E-state index < -0.39 is 0 Å². The molecule has 0 radical (unpaired) electrons. The maximum absolute atomic E-state index is 5.66. The number of aliphatic imine (C=N–C) groups is 1. The first-order valence-electron chi connectivity index (χ1n) is 9.51. The number of nitrogens with one attached hydrogen (secondary N) is 2. The summed E-state index contributed by atoms with van der Waals surface area (Å²) in [5.41, 5.74) is 1.22. The highest BCUT2D eigenvalue weighted by molar-refractivity contribution is 14.0. The minimum absolute atomic E-state index is 0. The Labute approximate surface area is 180 Å². The molecule has 1 fully saturated rings. The van der Waals surface area contributed by atoms with Crippen molar-refractivity contribution in [2.45, 2.75) is 39.5 Å². The molecule has 7 heteroatoms. The normalized spacial score (nSPS) is 15.3. The number of nitrogens with zero attached hydrogens (tertiary/aromatic N) is 1. The molecule has 1 aliphatic carbocycles. The van der Waals surface area contributed by atoms with E-state index in [-0.39, 0.29) is 24.0 Å². The first-order valence-corrected chi connectivity index (χ1v) is 9.51. The van der Waals surface area contributed by atoms with Gasteiger partial charge in [-0.25, -0.2) is 0 Å². The van der Waals surface area contributed by atoms with Gasteiger partial charge >= 0.3 is 0 Å². The predicted molar refractivity (Wildman–Crippen MR) is 122 cm³/mol. The Morgan fingerprint density at radius 2 is 1.96 bits per heavy atom. The monoisotopic (exact) mass is 491 g/mol. The van der Waals surface area contributed by atoms with Crippen molar-refractivity contribution >= 4 is 35.6 Å². The van der Waals surface area contributed by atoms with Gasteiger partial charge in [-0.15, -0.1) is 24.0 Å². The second-order valence-electron chi connectivity index (χ2n) is 6.72. The number of benzene rings is 1. The molecule has 27 heavy (non-hydrogen) atoms. The van der Waals surface area contributed by atoms with E-state index in [2.05, 4.69) is 17.6 Å². The minimum Gasteiger partial charge on any atom is -0.493 e.